The molecule has 1 unspecified atom stereocenters. The molecular formula is C41H37N5. The molecule has 4 atom stereocenters. The lowest BCUT2D eigenvalue weighted by molar-refractivity contribution is 0.0702. The van der Waals surface area contributed by atoms with Crippen LogP contribution in [0.1, 0.15) is 69.1 Å². The number of aromatic nitrogens is 3. The number of hydrogen-bond acceptors (Lipinski definition) is 5. The topological polar surface area (TPSA) is 86.2 Å². The minimum Gasteiger partial charge on any atom is -0.208 e. The summed E-state index contributed by atoms with van der Waals surface area (Å²) in [6.07, 6.45) is 7.87. The Hall–Kier alpha value is -5.13. The lowest BCUT2D eigenvalue weighted by Gasteiger charge is -2.51. The van der Waals surface area contributed by atoms with Gasteiger partial charge in [-0.2, -0.15) is 10.5 Å². The van der Waals surface area contributed by atoms with Gasteiger partial charge in [0, 0.05) is 16.7 Å². The van der Waals surface area contributed by atoms with Crippen LogP contribution in [-0.4, -0.2) is 15.0 Å². The highest BCUT2D eigenvalue weighted by Crippen LogP contribution is 2.54. The van der Waals surface area contributed by atoms with Crippen LogP contribution < -0.4 is 0 Å². The molecule has 0 saturated heterocycles. The zero-order valence-corrected chi connectivity index (χ0v) is 26.4. The fraction of sp³-hybridized carbons (Fsp3) is 0.293. The van der Waals surface area contributed by atoms with E-state index < -0.39 is 0 Å². The van der Waals surface area contributed by atoms with Crippen molar-refractivity contribution in [2.75, 3.05) is 0 Å². The molecule has 0 aliphatic heterocycles. The van der Waals surface area contributed by atoms with Gasteiger partial charge in [0.1, 0.15) is 0 Å². The summed E-state index contributed by atoms with van der Waals surface area (Å²) in [5.41, 5.74) is 7.20. The number of rotatable bonds is 6. The van der Waals surface area contributed by atoms with E-state index >= 15 is 0 Å². The molecule has 226 valence electrons. The van der Waals surface area contributed by atoms with E-state index in [4.69, 9.17) is 15.0 Å². The fourth-order valence-corrected chi connectivity index (χ4v) is 8.21. The second kappa shape index (κ2) is 12.3. The van der Waals surface area contributed by atoms with Gasteiger partial charge in [-0.3, -0.25) is 0 Å². The molecule has 46 heavy (non-hydrogen) atoms. The van der Waals surface area contributed by atoms with Crippen molar-refractivity contribution in [2.24, 2.45) is 17.8 Å². The van der Waals surface area contributed by atoms with Crippen LogP contribution in [0.4, 0.5) is 0 Å². The standard InChI is InChI=1S/C41H37N5/c1-3-28-18-30-17-27(2)22-41(23-28,24-30)37-15-13-34(14-16-37)39-44-38(33-7-5-4-6-8-33)45-40(46-39)36-20-31(26-43)19-35(21-36)32-11-9-29(25-42)10-12-32/h4-16,19-21,27-28,30H,3,17-18,22-24H2,1-2H3/t27-,28+,30-,41?/m1/s1. The van der Waals surface area contributed by atoms with Gasteiger partial charge in [-0.05, 0) is 102 Å². The summed E-state index contributed by atoms with van der Waals surface area (Å²) in [4.78, 5) is 14.9. The van der Waals surface area contributed by atoms with Crippen molar-refractivity contribution >= 4 is 0 Å². The molecule has 0 N–H and O–H groups in total. The predicted octanol–water partition coefficient (Wildman–Crippen LogP) is 9.78. The van der Waals surface area contributed by atoms with Crippen LogP contribution in [0, 0.1) is 40.4 Å². The Morgan fingerprint density at radius 1 is 0.630 bits per heavy atom. The number of nitriles is 2. The molecule has 2 aliphatic carbocycles. The lowest BCUT2D eigenvalue weighted by Crippen LogP contribution is -2.42. The van der Waals surface area contributed by atoms with Crippen LogP contribution in [0.2, 0.25) is 0 Å². The van der Waals surface area contributed by atoms with Crippen LogP contribution in [-0.2, 0) is 5.41 Å². The maximum absolute atomic E-state index is 9.93. The second-order valence-electron chi connectivity index (χ2n) is 13.5. The monoisotopic (exact) mass is 599 g/mol. The molecule has 2 saturated carbocycles. The van der Waals surface area contributed by atoms with Crippen LogP contribution in [0.3, 0.4) is 0 Å². The van der Waals surface area contributed by atoms with Gasteiger partial charge in [0.15, 0.2) is 17.5 Å². The van der Waals surface area contributed by atoms with Crippen LogP contribution in [0.25, 0.3) is 45.3 Å². The summed E-state index contributed by atoms with van der Waals surface area (Å²) >= 11 is 0. The average Bonchev–Trinajstić information content (AvgIpc) is 3.11. The van der Waals surface area contributed by atoms with Crippen molar-refractivity contribution in [1.29, 1.82) is 10.5 Å². The minimum absolute atomic E-state index is 0.263. The van der Waals surface area contributed by atoms with Crippen molar-refractivity contribution < 1.29 is 0 Å². The molecule has 1 heterocycles. The Labute approximate surface area is 271 Å². The number of benzene rings is 4. The second-order valence-corrected chi connectivity index (χ2v) is 13.5. The van der Waals surface area contributed by atoms with Crippen molar-refractivity contribution in [2.45, 2.75) is 57.8 Å². The van der Waals surface area contributed by atoms with Crippen molar-refractivity contribution in [1.82, 2.24) is 15.0 Å². The maximum Gasteiger partial charge on any atom is 0.164 e. The van der Waals surface area contributed by atoms with Gasteiger partial charge >= 0.3 is 0 Å². The van der Waals surface area contributed by atoms with Crippen LogP contribution >= 0.6 is 0 Å². The number of hydrogen-bond donors (Lipinski definition) is 0. The van der Waals surface area contributed by atoms with Crippen LogP contribution in [0.5, 0.6) is 0 Å². The Morgan fingerprint density at radius 2 is 1.24 bits per heavy atom. The highest BCUT2D eigenvalue weighted by molar-refractivity contribution is 5.74. The third-order valence-electron chi connectivity index (χ3n) is 10.2. The van der Waals surface area contributed by atoms with Gasteiger partial charge in [-0.1, -0.05) is 87.0 Å². The predicted molar refractivity (Wildman–Crippen MR) is 182 cm³/mol. The summed E-state index contributed by atoms with van der Waals surface area (Å²) < 4.78 is 0. The normalized spacial score (nSPS) is 22.0. The smallest absolute Gasteiger partial charge is 0.164 e. The SMILES string of the molecule is CC[C@H]1C[C@H]2C[C@@H](C)CC(c3ccc(-c4nc(-c5ccccc5)nc(-c5cc(C#N)cc(-c6ccc(C#N)cc6)c5)n4)cc3)(C2)C1. The molecule has 4 aromatic carbocycles. The first-order valence-corrected chi connectivity index (χ1v) is 16.4. The minimum atomic E-state index is 0.263. The van der Waals surface area contributed by atoms with Gasteiger partial charge in [-0.25, -0.2) is 15.0 Å². The molecule has 0 radical (unpaired) electrons. The molecule has 5 nitrogen and oxygen atoms in total. The Kier molecular flexibility index (Phi) is 7.93. The van der Waals surface area contributed by atoms with Gasteiger partial charge < -0.3 is 0 Å². The van der Waals surface area contributed by atoms with Crippen molar-refractivity contribution in [3.63, 3.8) is 0 Å². The summed E-state index contributed by atoms with van der Waals surface area (Å²) in [6, 6.07) is 36.5. The largest absolute Gasteiger partial charge is 0.208 e. The molecule has 2 fully saturated rings. The van der Waals surface area contributed by atoms with E-state index in [2.05, 4.69) is 50.3 Å². The van der Waals surface area contributed by atoms with E-state index in [1.54, 1.807) is 12.1 Å². The van der Waals surface area contributed by atoms with E-state index in [1.165, 1.54) is 44.1 Å². The molecule has 7 rings (SSSR count). The van der Waals surface area contributed by atoms with E-state index in [0.717, 1.165) is 45.6 Å². The van der Waals surface area contributed by atoms with Crippen molar-refractivity contribution in [3.8, 4) is 57.4 Å². The third kappa shape index (κ3) is 5.82. The molecule has 0 amide bonds. The first kappa shape index (κ1) is 29.6. The van der Waals surface area contributed by atoms with Crippen LogP contribution in [0.15, 0.2) is 97.1 Å². The molecule has 5 aromatic rings. The Balaban J connectivity index is 1.31. The quantitative estimate of drug-likeness (QED) is 0.194. The first-order chi connectivity index (χ1) is 22.4. The van der Waals surface area contributed by atoms with Gasteiger partial charge in [-0.15, -0.1) is 0 Å². The highest BCUT2D eigenvalue weighted by atomic mass is 15.0. The Bertz CT molecular complexity index is 1950. The summed E-state index contributed by atoms with van der Waals surface area (Å²) in [5.74, 6) is 4.12. The lowest BCUT2D eigenvalue weighted by atomic mass is 9.54. The molecular weight excluding hydrogens is 562 g/mol. The average molecular weight is 600 g/mol. The van der Waals surface area contributed by atoms with E-state index in [-0.39, 0.29) is 5.41 Å². The molecule has 2 aliphatic rings. The van der Waals surface area contributed by atoms with E-state index in [1.807, 2.05) is 60.7 Å². The maximum atomic E-state index is 9.93. The zero-order chi connectivity index (χ0) is 31.7. The zero-order valence-electron chi connectivity index (χ0n) is 26.4. The van der Waals surface area contributed by atoms with Gasteiger partial charge in [0.25, 0.3) is 0 Å². The van der Waals surface area contributed by atoms with E-state index in [0.29, 0.717) is 28.6 Å². The summed E-state index contributed by atoms with van der Waals surface area (Å²) in [7, 11) is 0. The fourth-order valence-electron chi connectivity index (χ4n) is 8.21. The Morgan fingerprint density at radius 3 is 1.89 bits per heavy atom. The summed E-state index contributed by atoms with van der Waals surface area (Å²) in [6.45, 7) is 4.79. The number of fused-ring (bicyclic) bond motifs is 2. The molecule has 5 heteroatoms. The highest BCUT2D eigenvalue weighted by Gasteiger charge is 2.45. The third-order valence-corrected chi connectivity index (χ3v) is 10.2. The summed E-state index contributed by atoms with van der Waals surface area (Å²) in [5, 5.41) is 19.2. The van der Waals surface area contributed by atoms with E-state index in [9.17, 15) is 10.5 Å². The van der Waals surface area contributed by atoms with Gasteiger partial charge in [0.05, 0.1) is 23.3 Å². The first-order valence-electron chi connectivity index (χ1n) is 16.4. The molecule has 1 aromatic heterocycles. The van der Waals surface area contributed by atoms with Crippen molar-refractivity contribution in [3.05, 3.63) is 114 Å². The molecule has 0 spiro atoms. The molecule has 2 bridgehead atoms. The number of nitrogens with zero attached hydrogens (tertiary/aromatic N) is 5. The van der Waals surface area contributed by atoms with Gasteiger partial charge in [0.2, 0.25) is 0 Å².